The first kappa shape index (κ1) is 52.3. The van der Waals surface area contributed by atoms with Gasteiger partial charge in [-0.05, 0) is 51.4 Å². The van der Waals surface area contributed by atoms with E-state index in [-0.39, 0.29) is 19.6 Å². The smallest absolute Gasteiger partial charge is 0.306 e. The fourth-order valence-electron chi connectivity index (χ4n) is 6.68. The molecular weight excluding hydrogens is 752 g/mol. The van der Waals surface area contributed by atoms with E-state index < -0.39 is 86.7 Å². The van der Waals surface area contributed by atoms with E-state index in [1.165, 1.54) is 64.2 Å². The van der Waals surface area contributed by atoms with Crippen LogP contribution in [0.4, 0.5) is 0 Å². The normalized spacial score (nSPS) is 28.6. The van der Waals surface area contributed by atoms with Gasteiger partial charge in [-0.1, -0.05) is 115 Å². The van der Waals surface area contributed by atoms with Crippen LogP contribution in [0.5, 0.6) is 0 Å². The first-order valence-corrected chi connectivity index (χ1v) is 22.1. The maximum absolute atomic E-state index is 12.5. The van der Waals surface area contributed by atoms with Gasteiger partial charge in [0.05, 0.1) is 26.4 Å². The maximum atomic E-state index is 12.5. The van der Waals surface area contributed by atoms with Crippen molar-refractivity contribution in [3.05, 3.63) is 36.5 Å². The molecular formula is C44H78O14. The lowest BCUT2D eigenvalue weighted by Crippen LogP contribution is -2.61. The number of allylic oxidation sites excluding steroid dienone is 6. The van der Waals surface area contributed by atoms with Crippen LogP contribution < -0.4 is 0 Å². The summed E-state index contributed by atoms with van der Waals surface area (Å²) in [5.41, 5.74) is 0. The molecule has 0 aromatic heterocycles. The molecule has 0 bridgehead atoms. The van der Waals surface area contributed by atoms with Crippen molar-refractivity contribution in [3.8, 4) is 0 Å². The highest BCUT2D eigenvalue weighted by atomic mass is 16.7. The van der Waals surface area contributed by atoms with Gasteiger partial charge in [-0.15, -0.1) is 0 Å². The molecule has 0 saturated carbocycles. The van der Waals surface area contributed by atoms with Crippen molar-refractivity contribution in [2.24, 2.45) is 0 Å². The summed E-state index contributed by atoms with van der Waals surface area (Å²) >= 11 is 0. The number of hydrogen-bond acceptors (Lipinski definition) is 14. The first-order chi connectivity index (χ1) is 28.1. The molecule has 14 heteroatoms. The molecule has 7 N–H and O–H groups in total. The minimum Gasteiger partial charge on any atom is -0.457 e. The zero-order chi connectivity index (χ0) is 42.4. The third-order valence-corrected chi connectivity index (χ3v) is 10.4. The van der Waals surface area contributed by atoms with Gasteiger partial charge < -0.3 is 64.2 Å². The van der Waals surface area contributed by atoms with Crippen LogP contribution in [-0.2, 0) is 33.2 Å². The van der Waals surface area contributed by atoms with Crippen molar-refractivity contribution in [2.75, 3.05) is 33.0 Å². The number of unbranched alkanes of at least 4 members (excludes halogenated alkanes) is 13. The van der Waals surface area contributed by atoms with Gasteiger partial charge in [0.1, 0.15) is 54.9 Å². The van der Waals surface area contributed by atoms with Gasteiger partial charge in [0.2, 0.25) is 0 Å². The Morgan fingerprint density at radius 1 is 0.569 bits per heavy atom. The summed E-state index contributed by atoms with van der Waals surface area (Å²) in [6, 6.07) is 0. The topological polar surface area (TPSA) is 214 Å². The Hall–Kier alpha value is -1.79. The van der Waals surface area contributed by atoms with E-state index in [9.17, 15) is 40.5 Å². The zero-order valence-corrected chi connectivity index (χ0v) is 35.3. The molecule has 0 aliphatic carbocycles. The minimum absolute atomic E-state index is 0.0507. The Labute approximate surface area is 347 Å². The van der Waals surface area contributed by atoms with Crippen LogP contribution in [0.2, 0.25) is 0 Å². The average Bonchev–Trinajstić information content (AvgIpc) is 3.22. The molecule has 0 aromatic rings. The maximum Gasteiger partial charge on any atom is 0.306 e. The summed E-state index contributed by atoms with van der Waals surface area (Å²) in [7, 11) is 0. The van der Waals surface area contributed by atoms with Crippen LogP contribution in [0.1, 0.15) is 136 Å². The monoisotopic (exact) mass is 831 g/mol. The summed E-state index contributed by atoms with van der Waals surface area (Å²) in [6.07, 6.45) is 17.9. The number of aliphatic hydroxyl groups is 7. The van der Waals surface area contributed by atoms with Crippen LogP contribution in [0.15, 0.2) is 36.5 Å². The lowest BCUT2D eigenvalue weighted by molar-refractivity contribution is -0.332. The number of carbonyl (C=O) groups is 1. The number of hydrogen-bond donors (Lipinski definition) is 7. The summed E-state index contributed by atoms with van der Waals surface area (Å²) in [6.45, 7) is 3.37. The largest absolute Gasteiger partial charge is 0.457 e. The van der Waals surface area contributed by atoms with Crippen molar-refractivity contribution in [3.63, 3.8) is 0 Å². The van der Waals surface area contributed by atoms with Crippen molar-refractivity contribution in [1.29, 1.82) is 0 Å². The van der Waals surface area contributed by atoms with Crippen LogP contribution in [0.3, 0.4) is 0 Å². The third kappa shape index (κ3) is 21.6. The molecule has 11 atom stereocenters. The number of aliphatic hydroxyl groups excluding tert-OH is 7. The number of rotatable bonds is 33. The van der Waals surface area contributed by atoms with Crippen LogP contribution in [-0.4, -0.2) is 142 Å². The van der Waals surface area contributed by atoms with E-state index in [4.69, 9.17) is 28.4 Å². The quantitative estimate of drug-likeness (QED) is 0.0272. The van der Waals surface area contributed by atoms with E-state index in [1.54, 1.807) is 0 Å². The summed E-state index contributed by atoms with van der Waals surface area (Å²) in [4.78, 5) is 12.5. The van der Waals surface area contributed by atoms with Crippen molar-refractivity contribution >= 4 is 5.97 Å². The van der Waals surface area contributed by atoms with E-state index in [1.807, 2.05) is 6.92 Å². The Morgan fingerprint density at radius 2 is 1.07 bits per heavy atom. The SMILES string of the molecule is CCCCCCC/C=C\C/C=C\C/C=C\CCCCCCCCCOCC(COC1OC(COC2OC(CO)C(O)C(O)C2O)C(O)C(O)C1O)OC(=O)CCCC. The molecule has 2 saturated heterocycles. The molecule has 58 heavy (non-hydrogen) atoms. The van der Waals surface area contributed by atoms with Gasteiger partial charge in [0, 0.05) is 13.0 Å². The average molecular weight is 831 g/mol. The fourth-order valence-corrected chi connectivity index (χ4v) is 6.68. The van der Waals surface area contributed by atoms with E-state index >= 15 is 0 Å². The molecule has 2 fully saturated rings. The molecule has 11 unspecified atom stereocenters. The second kappa shape index (κ2) is 32.9. The van der Waals surface area contributed by atoms with Crippen LogP contribution >= 0.6 is 0 Å². The predicted molar refractivity (Wildman–Crippen MR) is 220 cm³/mol. The molecule has 338 valence electrons. The Kier molecular flexibility index (Phi) is 29.7. The van der Waals surface area contributed by atoms with Gasteiger partial charge >= 0.3 is 5.97 Å². The lowest BCUT2D eigenvalue weighted by Gasteiger charge is -2.42. The number of carbonyl (C=O) groups excluding carboxylic acids is 1. The fraction of sp³-hybridized carbons (Fsp3) is 0.841. The Bertz CT molecular complexity index is 1100. The summed E-state index contributed by atoms with van der Waals surface area (Å²) in [5, 5.41) is 71.4. The number of ether oxygens (including phenoxy) is 6. The third-order valence-electron chi connectivity index (χ3n) is 10.4. The van der Waals surface area contributed by atoms with E-state index in [0.29, 0.717) is 13.0 Å². The van der Waals surface area contributed by atoms with E-state index in [0.717, 1.165) is 44.9 Å². The first-order valence-electron chi connectivity index (χ1n) is 22.1. The van der Waals surface area contributed by atoms with Crippen LogP contribution in [0.25, 0.3) is 0 Å². The minimum atomic E-state index is -1.70. The Morgan fingerprint density at radius 3 is 1.66 bits per heavy atom. The molecule has 0 radical (unpaired) electrons. The Balaban J connectivity index is 1.64. The highest BCUT2D eigenvalue weighted by Gasteiger charge is 2.47. The number of esters is 1. The molecule has 14 nitrogen and oxygen atoms in total. The second-order valence-corrected chi connectivity index (χ2v) is 15.5. The molecule has 2 aliphatic rings. The van der Waals surface area contributed by atoms with Gasteiger partial charge in [0.25, 0.3) is 0 Å². The molecule has 0 spiro atoms. The van der Waals surface area contributed by atoms with Gasteiger partial charge in [0.15, 0.2) is 12.6 Å². The molecule has 2 rings (SSSR count). The van der Waals surface area contributed by atoms with Crippen molar-refractivity contribution in [1.82, 2.24) is 0 Å². The highest BCUT2D eigenvalue weighted by Crippen LogP contribution is 2.26. The molecule has 0 aromatic carbocycles. The molecule has 0 amide bonds. The standard InChI is InChI=1S/C44H78O14/c1-3-5-7-8-9-10-11-12-13-14-15-16-17-18-19-20-21-22-23-24-25-26-28-53-30-33(56-36(46)27-6-4-2)31-54-43-42(52)40(50)38(48)35(58-43)32-55-44-41(51)39(49)37(47)34(29-45)57-44/h11-12,14-15,17-18,33-35,37-45,47-52H,3-10,13,16,19-32H2,1-2H3/b12-11-,15-14-,18-17-. The van der Waals surface area contributed by atoms with Crippen molar-refractivity contribution < 1.29 is 69.0 Å². The lowest BCUT2D eigenvalue weighted by atomic mass is 9.98. The summed E-state index contributed by atoms with van der Waals surface area (Å²) in [5.74, 6) is -0.417. The summed E-state index contributed by atoms with van der Waals surface area (Å²) < 4.78 is 33.7. The van der Waals surface area contributed by atoms with E-state index in [2.05, 4.69) is 43.4 Å². The van der Waals surface area contributed by atoms with Gasteiger partial charge in [-0.3, -0.25) is 4.79 Å². The molecule has 2 aliphatic heterocycles. The van der Waals surface area contributed by atoms with Crippen molar-refractivity contribution in [2.45, 2.75) is 203 Å². The predicted octanol–water partition coefficient (Wildman–Crippen LogP) is 4.68. The zero-order valence-electron chi connectivity index (χ0n) is 35.3. The molecule has 2 heterocycles. The highest BCUT2D eigenvalue weighted by molar-refractivity contribution is 5.69. The van der Waals surface area contributed by atoms with Crippen LogP contribution in [0, 0.1) is 0 Å². The van der Waals surface area contributed by atoms with Gasteiger partial charge in [-0.2, -0.15) is 0 Å². The second-order valence-electron chi connectivity index (χ2n) is 15.5. The van der Waals surface area contributed by atoms with Gasteiger partial charge in [-0.25, -0.2) is 0 Å².